The second-order valence-corrected chi connectivity index (χ2v) is 10.6. The van der Waals surface area contributed by atoms with E-state index in [2.05, 4.69) is 100 Å². The predicted molar refractivity (Wildman–Crippen MR) is 174 cm³/mol. The Morgan fingerprint density at radius 1 is 0.581 bits per heavy atom. The Morgan fingerprint density at radius 3 is 2.12 bits per heavy atom. The van der Waals surface area contributed by atoms with Gasteiger partial charge in [-0.15, -0.1) is 0 Å². The van der Waals surface area contributed by atoms with Gasteiger partial charge >= 0.3 is 0 Å². The fourth-order valence-electron chi connectivity index (χ4n) is 6.08. The van der Waals surface area contributed by atoms with E-state index in [0.717, 1.165) is 50.5 Å². The second-order valence-electron chi connectivity index (χ2n) is 10.6. The van der Waals surface area contributed by atoms with Gasteiger partial charge in [-0.05, 0) is 92.3 Å². The van der Waals surface area contributed by atoms with Crippen LogP contribution in [-0.4, -0.2) is 14.4 Å². The van der Waals surface area contributed by atoms with Crippen LogP contribution < -0.4 is 0 Å². The van der Waals surface area contributed by atoms with Gasteiger partial charge in [-0.25, -0.2) is 4.98 Å². The molecule has 0 N–H and O–H groups in total. The third kappa shape index (κ3) is 4.23. The molecule has 5 aromatic carbocycles. The average Bonchev–Trinajstić information content (AvgIpc) is 3.48. The van der Waals surface area contributed by atoms with Crippen LogP contribution in [0.5, 0.6) is 0 Å². The predicted octanol–water partition coefficient (Wildman–Crippen LogP) is 9.58. The molecule has 0 atom stereocenters. The van der Waals surface area contributed by atoms with Gasteiger partial charge in [0.1, 0.15) is 11.3 Å². The number of fused-ring (bicyclic) bond motifs is 4. The molecular formula is C39H24N4. The van der Waals surface area contributed by atoms with Crippen LogP contribution in [0.1, 0.15) is 5.56 Å². The molecule has 0 saturated heterocycles. The Bertz CT molecular complexity index is 2340. The van der Waals surface area contributed by atoms with E-state index in [4.69, 9.17) is 4.98 Å². The molecule has 0 fully saturated rings. The fraction of sp³-hybridized carbons (Fsp3) is 0. The number of hydrogen-bond acceptors (Lipinski definition) is 3. The molecule has 4 heteroatoms. The van der Waals surface area contributed by atoms with E-state index in [0.29, 0.717) is 5.56 Å². The molecule has 43 heavy (non-hydrogen) atoms. The van der Waals surface area contributed by atoms with Crippen LogP contribution in [0.4, 0.5) is 0 Å². The van der Waals surface area contributed by atoms with Crippen molar-refractivity contribution in [3.05, 3.63) is 151 Å². The monoisotopic (exact) mass is 548 g/mol. The highest BCUT2D eigenvalue weighted by atomic mass is 15.0. The largest absolute Gasteiger partial charge is 0.299 e. The molecule has 0 saturated carbocycles. The lowest BCUT2D eigenvalue weighted by Crippen LogP contribution is -1.91. The van der Waals surface area contributed by atoms with Crippen molar-refractivity contribution >= 4 is 27.2 Å². The topological polar surface area (TPSA) is 54.0 Å². The Kier molecular flexibility index (Phi) is 5.80. The molecule has 0 radical (unpaired) electrons. The van der Waals surface area contributed by atoms with Crippen LogP contribution in [-0.2, 0) is 0 Å². The zero-order valence-corrected chi connectivity index (χ0v) is 23.1. The number of nitriles is 1. The summed E-state index contributed by atoms with van der Waals surface area (Å²) in [5.74, 6) is 0. The summed E-state index contributed by atoms with van der Waals surface area (Å²) in [7, 11) is 0. The quantitative estimate of drug-likeness (QED) is 0.206. The van der Waals surface area contributed by atoms with E-state index in [9.17, 15) is 5.26 Å². The molecule has 8 rings (SSSR count). The van der Waals surface area contributed by atoms with Crippen LogP contribution in [0, 0.1) is 11.3 Å². The third-order valence-electron chi connectivity index (χ3n) is 8.07. The molecule has 0 amide bonds. The lowest BCUT2D eigenvalue weighted by molar-refractivity contribution is 1.19. The van der Waals surface area contributed by atoms with Gasteiger partial charge in [0.2, 0.25) is 0 Å². The van der Waals surface area contributed by atoms with Crippen molar-refractivity contribution in [1.82, 2.24) is 14.4 Å². The summed E-state index contributed by atoms with van der Waals surface area (Å²) in [5.41, 5.74) is 9.41. The van der Waals surface area contributed by atoms with Crippen LogP contribution in [0.2, 0.25) is 0 Å². The number of imidazole rings is 1. The molecule has 0 bridgehead atoms. The van der Waals surface area contributed by atoms with Crippen LogP contribution >= 0.6 is 0 Å². The Hall–Kier alpha value is -6.05. The standard InChI is InChI=1S/C39H24N4/c40-25-26-21-30(23-31(22-26)35-24-29-9-1-2-10-32(29)33-11-3-4-12-34(33)35)27-15-17-28(18-16-27)39-38(36-13-5-7-19-41-36)42-37-14-6-8-20-43(37)39/h1-24H. The minimum atomic E-state index is 0.632. The van der Waals surface area contributed by atoms with Gasteiger partial charge in [-0.3, -0.25) is 9.38 Å². The zero-order chi connectivity index (χ0) is 28.8. The van der Waals surface area contributed by atoms with Crippen LogP contribution in [0.15, 0.2) is 146 Å². The summed E-state index contributed by atoms with van der Waals surface area (Å²) < 4.78 is 2.11. The average molecular weight is 549 g/mol. The molecule has 200 valence electrons. The molecule has 8 aromatic rings. The molecule has 0 aliphatic carbocycles. The first kappa shape index (κ1) is 24.7. The number of aromatic nitrogens is 3. The van der Waals surface area contributed by atoms with Gasteiger partial charge in [0.15, 0.2) is 0 Å². The van der Waals surface area contributed by atoms with E-state index in [1.54, 1.807) is 6.20 Å². The maximum absolute atomic E-state index is 10.0. The highest BCUT2D eigenvalue weighted by Gasteiger charge is 2.17. The summed E-state index contributed by atoms with van der Waals surface area (Å²) in [5, 5.41) is 14.8. The first-order chi connectivity index (χ1) is 21.3. The number of benzene rings is 5. The minimum Gasteiger partial charge on any atom is -0.299 e. The van der Waals surface area contributed by atoms with E-state index < -0.39 is 0 Å². The number of rotatable bonds is 4. The Morgan fingerprint density at radius 2 is 1.30 bits per heavy atom. The molecule has 0 aliphatic rings. The number of hydrogen-bond donors (Lipinski definition) is 0. The Labute approximate surface area is 248 Å². The van der Waals surface area contributed by atoms with Crippen LogP contribution in [0.3, 0.4) is 0 Å². The fourth-order valence-corrected chi connectivity index (χ4v) is 6.08. The minimum absolute atomic E-state index is 0.632. The van der Waals surface area contributed by atoms with E-state index in [1.165, 1.54) is 21.5 Å². The van der Waals surface area contributed by atoms with Crippen molar-refractivity contribution in [1.29, 1.82) is 5.26 Å². The zero-order valence-electron chi connectivity index (χ0n) is 23.1. The highest BCUT2D eigenvalue weighted by molar-refractivity contribution is 6.13. The summed E-state index contributed by atoms with van der Waals surface area (Å²) in [6.45, 7) is 0. The maximum atomic E-state index is 10.0. The van der Waals surface area contributed by atoms with Gasteiger partial charge in [0, 0.05) is 18.0 Å². The highest BCUT2D eigenvalue weighted by Crippen LogP contribution is 2.38. The van der Waals surface area contributed by atoms with Gasteiger partial charge in [0.25, 0.3) is 0 Å². The normalized spacial score (nSPS) is 11.2. The summed E-state index contributed by atoms with van der Waals surface area (Å²) in [6, 6.07) is 48.2. The lowest BCUT2D eigenvalue weighted by atomic mass is 9.90. The van der Waals surface area contributed by atoms with Crippen molar-refractivity contribution in [3.8, 4) is 51.0 Å². The molecule has 3 heterocycles. The summed E-state index contributed by atoms with van der Waals surface area (Å²) in [4.78, 5) is 9.51. The third-order valence-corrected chi connectivity index (χ3v) is 8.07. The van der Waals surface area contributed by atoms with Gasteiger partial charge in [0.05, 0.1) is 23.0 Å². The van der Waals surface area contributed by atoms with E-state index >= 15 is 0 Å². The van der Waals surface area contributed by atoms with Crippen molar-refractivity contribution in [2.75, 3.05) is 0 Å². The maximum Gasteiger partial charge on any atom is 0.138 e. The smallest absolute Gasteiger partial charge is 0.138 e. The molecule has 0 unspecified atom stereocenters. The molecule has 0 aliphatic heterocycles. The lowest BCUT2D eigenvalue weighted by Gasteiger charge is -2.13. The first-order valence-corrected chi connectivity index (χ1v) is 14.2. The van der Waals surface area contributed by atoms with Crippen molar-refractivity contribution in [2.24, 2.45) is 0 Å². The van der Waals surface area contributed by atoms with E-state index in [1.807, 2.05) is 54.7 Å². The second kappa shape index (κ2) is 10.1. The van der Waals surface area contributed by atoms with Crippen molar-refractivity contribution in [3.63, 3.8) is 0 Å². The molecule has 4 nitrogen and oxygen atoms in total. The van der Waals surface area contributed by atoms with Gasteiger partial charge < -0.3 is 0 Å². The molecule has 0 spiro atoms. The van der Waals surface area contributed by atoms with Crippen molar-refractivity contribution < 1.29 is 0 Å². The summed E-state index contributed by atoms with van der Waals surface area (Å²) >= 11 is 0. The summed E-state index contributed by atoms with van der Waals surface area (Å²) in [6.07, 6.45) is 3.83. The van der Waals surface area contributed by atoms with Crippen molar-refractivity contribution in [2.45, 2.75) is 0 Å². The molecular weight excluding hydrogens is 524 g/mol. The first-order valence-electron chi connectivity index (χ1n) is 14.2. The van der Waals surface area contributed by atoms with E-state index in [-0.39, 0.29) is 0 Å². The molecule has 3 aromatic heterocycles. The Balaban J connectivity index is 1.26. The van der Waals surface area contributed by atoms with Crippen LogP contribution in [0.25, 0.3) is 72.1 Å². The van der Waals surface area contributed by atoms with Gasteiger partial charge in [-0.1, -0.05) is 84.9 Å². The number of nitrogens with zero attached hydrogens (tertiary/aromatic N) is 4. The number of pyridine rings is 2. The SMILES string of the molecule is N#Cc1cc(-c2ccc(-c3c(-c4ccccn4)nc4ccccn34)cc2)cc(-c2cc3ccccc3c3ccccc23)c1. The van der Waals surface area contributed by atoms with Gasteiger partial charge in [-0.2, -0.15) is 5.26 Å².